The summed E-state index contributed by atoms with van der Waals surface area (Å²) in [5.41, 5.74) is -3.56. The van der Waals surface area contributed by atoms with Crippen molar-refractivity contribution < 1.29 is 43.2 Å². The van der Waals surface area contributed by atoms with E-state index in [2.05, 4.69) is 37.9 Å². The van der Waals surface area contributed by atoms with Crippen molar-refractivity contribution in [2.75, 3.05) is 40.8 Å². The van der Waals surface area contributed by atoms with Gasteiger partial charge in [0.25, 0.3) is 0 Å². The van der Waals surface area contributed by atoms with Gasteiger partial charge in [0, 0.05) is 49.7 Å². The van der Waals surface area contributed by atoms with Crippen LogP contribution in [0.25, 0.3) is 0 Å². The molecule has 2 bridgehead atoms. The lowest BCUT2D eigenvalue weighted by Crippen LogP contribution is -2.62. The molecule has 3 unspecified atom stereocenters. The number of esters is 2. The van der Waals surface area contributed by atoms with Crippen molar-refractivity contribution >= 4 is 17.7 Å². The Hall–Kier alpha value is -1.67. The molecule has 5 fully saturated rings. The summed E-state index contributed by atoms with van der Waals surface area (Å²) in [6.07, 6.45) is -1.91. The second kappa shape index (κ2) is 15.5. The van der Waals surface area contributed by atoms with Crippen LogP contribution >= 0.6 is 0 Å². The standard InChI is InChI=1S/C37H65N3O9/c1-13-28-37(9)26(17-29(41)49-37)24(6)40(12)20-22(4)18-36(8)32(23(5)31(43)35(7,14-15-45-36)34(44)47-28)48-33-30(42)27(39(10)11)16-25(46-33)19-38-21(2)3/h21-28,30,32-33,38,42H,13-20H2,1-12H3/t22-,23+,24-,25?,26-,27?,28-,30?,32-,33+,35+,36-,37+/m1/s1. The maximum atomic E-state index is 14.7. The molecule has 5 saturated heterocycles. The highest BCUT2D eigenvalue weighted by Crippen LogP contribution is 2.45. The second-order valence-corrected chi connectivity index (χ2v) is 16.7. The lowest BCUT2D eigenvalue weighted by atomic mass is 9.70. The van der Waals surface area contributed by atoms with Gasteiger partial charge >= 0.3 is 11.9 Å². The highest BCUT2D eigenvalue weighted by Gasteiger charge is 2.58. The second-order valence-electron chi connectivity index (χ2n) is 16.7. The molecule has 0 aromatic carbocycles. The highest BCUT2D eigenvalue weighted by atomic mass is 16.7. The van der Waals surface area contributed by atoms with Crippen LogP contribution in [0.1, 0.15) is 94.4 Å². The summed E-state index contributed by atoms with van der Waals surface area (Å²) in [6, 6.07) is -0.0515. The van der Waals surface area contributed by atoms with Gasteiger partial charge < -0.3 is 43.9 Å². The fraction of sp³-hybridized carbons (Fsp3) is 0.919. The van der Waals surface area contributed by atoms with Gasteiger partial charge in [-0.2, -0.15) is 0 Å². The van der Waals surface area contributed by atoms with E-state index in [1.165, 1.54) is 0 Å². The third kappa shape index (κ3) is 8.21. The van der Waals surface area contributed by atoms with Gasteiger partial charge in [-0.25, -0.2) is 0 Å². The number of fused-ring (bicyclic) bond motifs is 10. The smallest absolute Gasteiger partial charge is 0.319 e. The Morgan fingerprint density at radius 1 is 1.12 bits per heavy atom. The molecule has 0 saturated carbocycles. The minimum Gasteiger partial charge on any atom is -0.457 e. The maximum absolute atomic E-state index is 14.7. The van der Waals surface area contributed by atoms with Gasteiger partial charge in [0.2, 0.25) is 0 Å². The zero-order valence-corrected chi connectivity index (χ0v) is 32.1. The SMILES string of the molecule is CC[C@H]1OC(=O)[C@@]2(C)CCO[C@](C)(C[C@@H](C)CN(C)[C@H](C)[C@H]3CC(=O)O[C@@]31C)[C@H](O[C@@H]1OC(CNC(C)C)CC(N(C)C)C1O)[C@@H](C)C2=O. The van der Waals surface area contributed by atoms with E-state index in [1.807, 2.05) is 46.8 Å². The highest BCUT2D eigenvalue weighted by molar-refractivity contribution is 6.04. The van der Waals surface area contributed by atoms with Crippen LogP contribution in [0, 0.1) is 23.2 Å². The van der Waals surface area contributed by atoms with Crippen molar-refractivity contribution in [3.05, 3.63) is 0 Å². The summed E-state index contributed by atoms with van der Waals surface area (Å²) in [4.78, 5) is 46.0. The third-order valence-corrected chi connectivity index (χ3v) is 12.0. The molecule has 13 atom stereocenters. The Balaban J connectivity index is 1.77. The lowest BCUT2D eigenvalue weighted by Gasteiger charge is -2.49. The van der Waals surface area contributed by atoms with Crippen LogP contribution in [0.4, 0.5) is 0 Å². The molecular weight excluding hydrogens is 630 g/mol. The first-order valence-electron chi connectivity index (χ1n) is 18.5. The quantitative estimate of drug-likeness (QED) is 0.299. The monoisotopic (exact) mass is 695 g/mol. The van der Waals surface area contributed by atoms with Crippen LogP contribution in [-0.2, 0) is 38.1 Å². The number of carbonyl (C=O) groups excluding carboxylic acids is 3. The van der Waals surface area contributed by atoms with E-state index in [4.69, 9.17) is 23.7 Å². The average Bonchev–Trinajstić information content (AvgIpc) is 3.33. The van der Waals surface area contributed by atoms with Crippen molar-refractivity contribution in [2.24, 2.45) is 23.2 Å². The Labute approximate surface area is 294 Å². The largest absolute Gasteiger partial charge is 0.457 e. The molecule has 0 aliphatic carbocycles. The minimum atomic E-state index is -1.54. The van der Waals surface area contributed by atoms with E-state index in [-0.39, 0.29) is 67.3 Å². The van der Waals surface area contributed by atoms with E-state index in [0.717, 1.165) is 0 Å². The normalized spacial score (nSPS) is 44.7. The number of likely N-dealkylation sites (N-methyl/N-ethyl adjacent to an activating group) is 1. The molecule has 282 valence electrons. The Morgan fingerprint density at radius 2 is 1.80 bits per heavy atom. The molecule has 0 spiro atoms. The number of ether oxygens (including phenoxy) is 5. The molecule has 2 N–H and O–H groups in total. The van der Waals surface area contributed by atoms with E-state index >= 15 is 0 Å². The van der Waals surface area contributed by atoms with E-state index in [9.17, 15) is 19.5 Å². The first-order chi connectivity index (χ1) is 22.8. The number of Topliss-reactive ketones (excluding diaryl/α,β-unsaturated/α-hetero) is 1. The van der Waals surface area contributed by atoms with Crippen LogP contribution in [0.5, 0.6) is 0 Å². The van der Waals surface area contributed by atoms with Crippen molar-refractivity contribution in [2.45, 2.75) is 154 Å². The van der Waals surface area contributed by atoms with Crippen LogP contribution in [0.15, 0.2) is 0 Å². The van der Waals surface area contributed by atoms with Crippen LogP contribution < -0.4 is 5.32 Å². The molecule has 0 aromatic rings. The van der Waals surface area contributed by atoms with Crippen LogP contribution in [0.2, 0.25) is 0 Å². The molecule has 0 radical (unpaired) electrons. The third-order valence-electron chi connectivity index (χ3n) is 12.0. The summed E-state index contributed by atoms with van der Waals surface area (Å²) < 4.78 is 32.3. The van der Waals surface area contributed by atoms with Crippen LogP contribution in [-0.4, -0.2) is 134 Å². The van der Waals surface area contributed by atoms with Gasteiger partial charge in [-0.15, -0.1) is 0 Å². The first-order valence-corrected chi connectivity index (χ1v) is 18.5. The molecular formula is C37H65N3O9. The average molecular weight is 696 g/mol. The Kier molecular flexibility index (Phi) is 12.7. The van der Waals surface area contributed by atoms with Gasteiger partial charge in [-0.1, -0.05) is 34.6 Å². The molecule has 5 rings (SSSR count). The Morgan fingerprint density at radius 3 is 2.41 bits per heavy atom. The summed E-state index contributed by atoms with van der Waals surface area (Å²) in [5, 5.41) is 15.1. The number of nitrogens with one attached hydrogen (secondary N) is 1. The van der Waals surface area contributed by atoms with E-state index in [0.29, 0.717) is 32.4 Å². The fourth-order valence-electron chi connectivity index (χ4n) is 8.98. The minimum absolute atomic E-state index is 0.0711. The predicted molar refractivity (Wildman–Crippen MR) is 185 cm³/mol. The molecule has 5 heterocycles. The topological polar surface area (TPSA) is 136 Å². The molecule has 0 amide bonds. The zero-order chi connectivity index (χ0) is 36.6. The van der Waals surface area contributed by atoms with Gasteiger partial charge in [0.15, 0.2) is 17.7 Å². The number of hydrogen-bond acceptors (Lipinski definition) is 12. The molecule has 5 aliphatic heterocycles. The lowest BCUT2D eigenvalue weighted by molar-refractivity contribution is -0.301. The fourth-order valence-corrected chi connectivity index (χ4v) is 8.98. The predicted octanol–water partition coefficient (Wildman–Crippen LogP) is 3.17. The summed E-state index contributed by atoms with van der Waals surface area (Å²) in [6.45, 7) is 18.9. The van der Waals surface area contributed by atoms with Crippen molar-refractivity contribution in [3.8, 4) is 0 Å². The van der Waals surface area contributed by atoms with Gasteiger partial charge in [0.1, 0.15) is 17.6 Å². The summed E-state index contributed by atoms with van der Waals surface area (Å²) >= 11 is 0. The number of aliphatic hydroxyl groups is 1. The summed E-state index contributed by atoms with van der Waals surface area (Å²) in [7, 11) is 5.91. The molecule has 0 aromatic heterocycles. The van der Waals surface area contributed by atoms with Crippen LogP contribution in [0.3, 0.4) is 0 Å². The number of rotatable bonds is 7. The molecule has 12 heteroatoms. The molecule has 12 nitrogen and oxygen atoms in total. The van der Waals surface area contributed by atoms with E-state index in [1.54, 1.807) is 13.8 Å². The zero-order valence-electron chi connectivity index (χ0n) is 32.1. The maximum Gasteiger partial charge on any atom is 0.319 e. The number of carbonyl (C=O) groups is 3. The summed E-state index contributed by atoms with van der Waals surface area (Å²) in [5.74, 6) is -2.23. The van der Waals surface area contributed by atoms with Gasteiger partial charge in [-0.05, 0) is 80.4 Å². The van der Waals surface area contributed by atoms with Crippen molar-refractivity contribution in [1.29, 1.82) is 0 Å². The number of ketones is 1. The molecule has 49 heavy (non-hydrogen) atoms. The van der Waals surface area contributed by atoms with Crippen molar-refractivity contribution in [3.63, 3.8) is 0 Å². The Bertz CT molecular complexity index is 1190. The number of aliphatic hydroxyl groups excluding tert-OH is 1. The number of hydrogen-bond donors (Lipinski definition) is 2. The van der Waals surface area contributed by atoms with Crippen molar-refractivity contribution in [1.82, 2.24) is 15.1 Å². The number of nitrogens with zero attached hydrogens (tertiary/aromatic N) is 2. The molecule has 5 aliphatic rings. The van der Waals surface area contributed by atoms with Gasteiger partial charge in [0.05, 0.1) is 24.2 Å². The first kappa shape index (κ1) is 40.1. The van der Waals surface area contributed by atoms with E-state index < -0.39 is 53.1 Å². The van der Waals surface area contributed by atoms with Gasteiger partial charge in [-0.3, -0.25) is 14.4 Å².